The highest BCUT2D eigenvalue weighted by atomic mass is 35.5. The van der Waals surface area contributed by atoms with Gasteiger partial charge in [-0.1, -0.05) is 17.7 Å². The molecule has 2 aromatic carbocycles. The van der Waals surface area contributed by atoms with Crippen LogP contribution in [0.5, 0.6) is 11.5 Å². The lowest BCUT2D eigenvalue weighted by Crippen LogP contribution is -2.24. The number of carbonyl (C=O) groups is 2. The summed E-state index contributed by atoms with van der Waals surface area (Å²) in [5, 5.41) is 2.80. The highest BCUT2D eigenvalue weighted by Gasteiger charge is 2.23. The number of aryl methyl sites for hydroxylation is 2. The molecule has 0 saturated carbocycles. The molecule has 3 rings (SSSR count). The summed E-state index contributed by atoms with van der Waals surface area (Å²) in [5.41, 5.74) is 3.51. The van der Waals surface area contributed by atoms with Gasteiger partial charge in [-0.3, -0.25) is 9.69 Å². The van der Waals surface area contributed by atoms with Crippen LogP contribution in [0.4, 0.5) is 10.8 Å². The number of esters is 1. The van der Waals surface area contributed by atoms with E-state index in [9.17, 15) is 9.59 Å². The van der Waals surface area contributed by atoms with Crippen LogP contribution >= 0.6 is 22.9 Å². The van der Waals surface area contributed by atoms with Crippen LogP contribution in [0.25, 0.3) is 0 Å². The molecule has 32 heavy (non-hydrogen) atoms. The predicted octanol–water partition coefficient (Wildman–Crippen LogP) is 5.47. The Morgan fingerprint density at radius 1 is 1.12 bits per heavy atom. The highest BCUT2D eigenvalue weighted by molar-refractivity contribution is 7.14. The second-order valence-corrected chi connectivity index (χ2v) is 8.28. The van der Waals surface area contributed by atoms with Gasteiger partial charge in [0.15, 0.2) is 16.6 Å². The standard InChI is InChI=1S/C23H23ClN2O5S/c1-13-8-14(2)21(18(24)9-13)26(15(3)27)23-25-17(12-32-23)11-31-19-7-6-16(22(28)30-5)10-20(19)29-4/h6-10,12H,11H2,1-5H3. The molecule has 0 saturated heterocycles. The molecule has 0 fully saturated rings. The van der Waals surface area contributed by atoms with Gasteiger partial charge in [-0.15, -0.1) is 11.3 Å². The van der Waals surface area contributed by atoms with Crippen molar-refractivity contribution < 1.29 is 23.8 Å². The van der Waals surface area contributed by atoms with Crippen LogP contribution in [0, 0.1) is 13.8 Å². The van der Waals surface area contributed by atoms with Gasteiger partial charge in [-0.05, 0) is 49.2 Å². The summed E-state index contributed by atoms with van der Waals surface area (Å²) in [7, 11) is 2.80. The van der Waals surface area contributed by atoms with E-state index in [-0.39, 0.29) is 12.5 Å². The number of nitrogens with zero attached hydrogens (tertiary/aromatic N) is 2. The quantitative estimate of drug-likeness (QED) is 0.422. The number of aromatic nitrogens is 1. The van der Waals surface area contributed by atoms with Gasteiger partial charge >= 0.3 is 5.97 Å². The number of ether oxygens (including phenoxy) is 3. The van der Waals surface area contributed by atoms with Gasteiger partial charge < -0.3 is 14.2 Å². The van der Waals surface area contributed by atoms with Gasteiger partial charge in [0, 0.05) is 12.3 Å². The third-order valence-electron chi connectivity index (χ3n) is 4.63. The van der Waals surface area contributed by atoms with Crippen molar-refractivity contribution in [2.75, 3.05) is 19.1 Å². The van der Waals surface area contributed by atoms with E-state index in [4.69, 9.17) is 25.8 Å². The van der Waals surface area contributed by atoms with E-state index in [2.05, 4.69) is 4.98 Å². The molecule has 0 atom stereocenters. The van der Waals surface area contributed by atoms with Crippen LogP contribution in [0.15, 0.2) is 35.7 Å². The minimum Gasteiger partial charge on any atom is -0.493 e. The van der Waals surface area contributed by atoms with Crippen molar-refractivity contribution in [3.05, 3.63) is 63.1 Å². The van der Waals surface area contributed by atoms with Gasteiger partial charge in [0.05, 0.1) is 36.2 Å². The third kappa shape index (κ3) is 5.03. The molecule has 0 unspecified atom stereocenters. The number of rotatable bonds is 7. The molecule has 0 N–H and O–H groups in total. The zero-order valence-corrected chi connectivity index (χ0v) is 20.0. The highest BCUT2D eigenvalue weighted by Crippen LogP contribution is 2.37. The summed E-state index contributed by atoms with van der Waals surface area (Å²) in [6, 6.07) is 8.57. The second kappa shape index (κ2) is 10.0. The van der Waals surface area contributed by atoms with Crippen LogP contribution in [0.3, 0.4) is 0 Å². The summed E-state index contributed by atoms with van der Waals surface area (Å²) in [4.78, 5) is 30.3. The number of methoxy groups -OCH3 is 2. The van der Waals surface area contributed by atoms with Gasteiger partial charge in [0.25, 0.3) is 0 Å². The van der Waals surface area contributed by atoms with Crippen molar-refractivity contribution in [2.45, 2.75) is 27.4 Å². The smallest absolute Gasteiger partial charge is 0.337 e. The van der Waals surface area contributed by atoms with Crippen molar-refractivity contribution in [1.29, 1.82) is 0 Å². The zero-order valence-electron chi connectivity index (χ0n) is 18.4. The van der Waals surface area contributed by atoms with E-state index < -0.39 is 5.97 Å². The lowest BCUT2D eigenvalue weighted by molar-refractivity contribution is -0.115. The number of hydrogen-bond acceptors (Lipinski definition) is 7. The zero-order chi connectivity index (χ0) is 23.4. The molecule has 0 radical (unpaired) electrons. The number of hydrogen-bond donors (Lipinski definition) is 0. The topological polar surface area (TPSA) is 78.0 Å². The van der Waals surface area contributed by atoms with Crippen LogP contribution in [-0.4, -0.2) is 31.1 Å². The van der Waals surface area contributed by atoms with Crippen molar-refractivity contribution in [3.63, 3.8) is 0 Å². The molecular formula is C23H23ClN2O5S. The Bertz CT molecular complexity index is 1140. The molecule has 0 aliphatic heterocycles. The van der Waals surface area contributed by atoms with E-state index >= 15 is 0 Å². The van der Waals surface area contributed by atoms with Crippen LogP contribution in [-0.2, 0) is 16.1 Å². The van der Waals surface area contributed by atoms with Gasteiger partial charge in [-0.2, -0.15) is 0 Å². The fraction of sp³-hybridized carbons (Fsp3) is 0.261. The molecule has 7 nitrogen and oxygen atoms in total. The Hall–Kier alpha value is -3.10. The van der Waals surface area contributed by atoms with Crippen molar-refractivity contribution in [2.24, 2.45) is 0 Å². The van der Waals surface area contributed by atoms with Gasteiger partial charge in [0.2, 0.25) is 5.91 Å². The predicted molar refractivity (Wildman–Crippen MR) is 125 cm³/mol. The molecule has 3 aromatic rings. The first-order chi connectivity index (χ1) is 15.2. The normalized spacial score (nSPS) is 10.6. The number of anilines is 2. The SMILES string of the molecule is COC(=O)c1ccc(OCc2csc(N(C(C)=O)c3c(C)cc(C)cc3Cl)n2)c(OC)c1. The van der Waals surface area contributed by atoms with Gasteiger partial charge in [0.1, 0.15) is 6.61 Å². The van der Waals surface area contributed by atoms with Gasteiger partial charge in [-0.25, -0.2) is 9.78 Å². The summed E-state index contributed by atoms with van der Waals surface area (Å²) in [5.74, 6) is 0.195. The fourth-order valence-electron chi connectivity index (χ4n) is 3.23. The van der Waals surface area contributed by atoms with Crippen LogP contribution < -0.4 is 14.4 Å². The molecule has 0 aliphatic rings. The maximum absolute atomic E-state index is 12.5. The monoisotopic (exact) mass is 474 g/mol. The maximum atomic E-state index is 12.5. The Morgan fingerprint density at radius 2 is 1.88 bits per heavy atom. The van der Waals surface area contributed by atoms with Crippen molar-refractivity contribution in [1.82, 2.24) is 4.98 Å². The Kier molecular flexibility index (Phi) is 7.37. The van der Waals surface area contributed by atoms with Crippen molar-refractivity contribution >= 4 is 45.6 Å². The fourth-order valence-corrected chi connectivity index (χ4v) is 4.49. The Morgan fingerprint density at radius 3 is 2.50 bits per heavy atom. The second-order valence-electron chi connectivity index (χ2n) is 7.03. The third-order valence-corrected chi connectivity index (χ3v) is 5.79. The largest absolute Gasteiger partial charge is 0.493 e. The minimum atomic E-state index is -0.464. The summed E-state index contributed by atoms with van der Waals surface area (Å²) in [6.45, 7) is 5.48. The summed E-state index contributed by atoms with van der Waals surface area (Å²) in [6.07, 6.45) is 0. The number of halogens is 1. The molecule has 0 spiro atoms. The lowest BCUT2D eigenvalue weighted by Gasteiger charge is -2.22. The van der Waals surface area contributed by atoms with E-state index in [1.165, 1.54) is 37.4 Å². The number of benzene rings is 2. The molecule has 1 amide bonds. The summed E-state index contributed by atoms with van der Waals surface area (Å²) >= 11 is 7.78. The number of carbonyl (C=O) groups excluding carboxylic acids is 2. The molecule has 168 valence electrons. The molecule has 1 aromatic heterocycles. The first-order valence-electron chi connectivity index (χ1n) is 9.66. The van der Waals surface area contributed by atoms with Crippen LogP contribution in [0.2, 0.25) is 5.02 Å². The van der Waals surface area contributed by atoms with E-state index in [1.54, 1.807) is 18.2 Å². The molecule has 0 bridgehead atoms. The van der Waals surface area contributed by atoms with E-state index in [1.807, 2.05) is 31.4 Å². The molecule has 1 heterocycles. The van der Waals surface area contributed by atoms with Crippen LogP contribution in [0.1, 0.15) is 34.1 Å². The Balaban J connectivity index is 1.83. The van der Waals surface area contributed by atoms with Crippen molar-refractivity contribution in [3.8, 4) is 11.5 Å². The van der Waals surface area contributed by atoms with E-state index in [0.29, 0.717) is 38.6 Å². The number of thiazole rings is 1. The molecule has 9 heteroatoms. The average molecular weight is 475 g/mol. The van der Waals surface area contributed by atoms with E-state index in [0.717, 1.165) is 11.1 Å². The lowest BCUT2D eigenvalue weighted by atomic mass is 10.1. The Labute approximate surface area is 195 Å². The first-order valence-corrected chi connectivity index (χ1v) is 10.9. The minimum absolute atomic E-state index is 0.150. The first kappa shape index (κ1) is 23.6. The molecule has 0 aliphatic carbocycles. The number of amides is 1. The maximum Gasteiger partial charge on any atom is 0.337 e. The average Bonchev–Trinajstić information content (AvgIpc) is 3.21. The summed E-state index contributed by atoms with van der Waals surface area (Å²) < 4.78 is 15.9. The molecular weight excluding hydrogens is 452 g/mol.